The molecular weight excluding hydrogens is 290 g/mol. The van der Waals surface area contributed by atoms with E-state index in [0.717, 1.165) is 17.0 Å². The lowest BCUT2D eigenvalue weighted by Crippen LogP contribution is -2.24. The summed E-state index contributed by atoms with van der Waals surface area (Å²) in [5, 5.41) is 5.86. The molecule has 1 aliphatic rings. The van der Waals surface area contributed by atoms with Crippen LogP contribution in [0, 0.1) is 12.8 Å². The predicted molar refractivity (Wildman–Crippen MR) is 83.2 cm³/mol. The third kappa shape index (κ3) is 2.74. The first-order valence-electron chi connectivity index (χ1n) is 6.72. The van der Waals surface area contributed by atoms with E-state index in [1.807, 2.05) is 24.3 Å². The highest BCUT2D eigenvalue weighted by molar-refractivity contribution is 7.10. The van der Waals surface area contributed by atoms with Gasteiger partial charge in [0, 0.05) is 15.8 Å². The van der Waals surface area contributed by atoms with Gasteiger partial charge in [0.1, 0.15) is 0 Å². The van der Waals surface area contributed by atoms with Crippen molar-refractivity contribution in [2.45, 2.75) is 25.8 Å². The van der Waals surface area contributed by atoms with Gasteiger partial charge in [-0.3, -0.25) is 4.79 Å². The van der Waals surface area contributed by atoms with Crippen molar-refractivity contribution in [1.82, 2.24) is 5.32 Å². The van der Waals surface area contributed by atoms with E-state index in [-0.39, 0.29) is 17.7 Å². The largest absolute Gasteiger partial charge is 0.351 e. The summed E-state index contributed by atoms with van der Waals surface area (Å²) < 4.78 is 0. The molecule has 104 valence electrons. The summed E-state index contributed by atoms with van der Waals surface area (Å²) in [6, 6.07) is 9.88. The summed E-state index contributed by atoms with van der Waals surface area (Å²) in [5.74, 6) is 0.506. The number of rotatable bonds is 4. The van der Waals surface area contributed by atoms with Gasteiger partial charge in [0.25, 0.3) is 0 Å². The molecule has 1 N–H and O–H groups in total. The summed E-state index contributed by atoms with van der Waals surface area (Å²) in [4.78, 5) is 13.4. The Balaban J connectivity index is 1.58. The number of carbonyl (C=O) groups is 1. The molecule has 2 unspecified atom stereocenters. The molecule has 1 amide bonds. The summed E-state index contributed by atoms with van der Waals surface area (Å²) in [7, 11) is 0. The highest BCUT2D eigenvalue weighted by Crippen LogP contribution is 2.49. The molecule has 4 heteroatoms. The SMILES string of the molecule is Cc1ccsc1CNC(=O)C1CC1c1ccccc1Cl. The second-order valence-corrected chi connectivity index (χ2v) is 6.62. The maximum absolute atomic E-state index is 12.2. The number of hydrogen-bond donors (Lipinski definition) is 1. The molecule has 0 radical (unpaired) electrons. The van der Waals surface area contributed by atoms with Gasteiger partial charge >= 0.3 is 0 Å². The molecule has 3 rings (SSSR count). The first-order valence-corrected chi connectivity index (χ1v) is 7.97. The van der Waals surface area contributed by atoms with Gasteiger partial charge in [-0.2, -0.15) is 0 Å². The van der Waals surface area contributed by atoms with Gasteiger partial charge in [-0.05, 0) is 47.9 Å². The molecule has 1 heterocycles. The van der Waals surface area contributed by atoms with Gasteiger partial charge in [-0.15, -0.1) is 11.3 Å². The van der Waals surface area contributed by atoms with Gasteiger partial charge < -0.3 is 5.32 Å². The molecule has 0 aliphatic heterocycles. The zero-order valence-corrected chi connectivity index (χ0v) is 12.8. The number of nitrogens with one attached hydrogen (secondary N) is 1. The van der Waals surface area contributed by atoms with Crippen LogP contribution in [0.1, 0.15) is 28.3 Å². The van der Waals surface area contributed by atoms with Crippen LogP contribution in [0.25, 0.3) is 0 Å². The Morgan fingerprint density at radius 1 is 1.40 bits per heavy atom. The summed E-state index contributed by atoms with van der Waals surface area (Å²) in [6.45, 7) is 2.70. The fourth-order valence-corrected chi connectivity index (χ4v) is 3.61. The van der Waals surface area contributed by atoms with Crippen LogP contribution in [0.15, 0.2) is 35.7 Å². The summed E-state index contributed by atoms with van der Waals surface area (Å²) >= 11 is 7.87. The Bertz CT molecular complexity index is 637. The van der Waals surface area contributed by atoms with Crippen LogP contribution in [0.5, 0.6) is 0 Å². The van der Waals surface area contributed by atoms with Gasteiger partial charge in [-0.1, -0.05) is 29.8 Å². The van der Waals surface area contributed by atoms with Gasteiger partial charge in [-0.25, -0.2) is 0 Å². The van der Waals surface area contributed by atoms with Gasteiger partial charge in [0.05, 0.1) is 6.54 Å². The zero-order chi connectivity index (χ0) is 14.1. The van der Waals surface area contributed by atoms with Crippen molar-refractivity contribution < 1.29 is 4.79 Å². The molecular formula is C16H16ClNOS. The minimum Gasteiger partial charge on any atom is -0.351 e. The number of amides is 1. The van der Waals surface area contributed by atoms with E-state index >= 15 is 0 Å². The third-order valence-electron chi connectivity index (χ3n) is 3.82. The molecule has 2 nitrogen and oxygen atoms in total. The van der Waals surface area contributed by atoms with Crippen LogP contribution >= 0.6 is 22.9 Å². The van der Waals surface area contributed by atoms with Gasteiger partial charge in [0.15, 0.2) is 0 Å². The van der Waals surface area contributed by atoms with Crippen LogP contribution in [-0.2, 0) is 11.3 Å². The lowest BCUT2D eigenvalue weighted by atomic mass is 10.1. The van der Waals surface area contributed by atoms with E-state index in [4.69, 9.17) is 11.6 Å². The van der Waals surface area contributed by atoms with Crippen LogP contribution in [0.4, 0.5) is 0 Å². The Labute approximate surface area is 127 Å². The lowest BCUT2D eigenvalue weighted by Gasteiger charge is -2.05. The number of hydrogen-bond acceptors (Lipinski definition) is 2. The van der Waals surface area contributed by atoms with E-state index in [2.05, 4.69) is 23.7 Å². The number of halogens is 1. The van der Waals surface area contributed by atoms with Crippen molar-refractivity contribution >= 4 is 28.8 Å². The van der Waals surface area contributed by atoms with Crippen molar-refractivity contribution in [3.63, 3.8) is 0 Å². The second kappa shape index (κ2) is 5.58. The van der Waals surface area contributed by atoms with Crippen LogP contribution in [0.2, 0.25) is 5.02 Å². The molecule has 1 aromatic heterocycles. The Hall–Kier alpha value is -1.32. The van der Waals surface area contributed by atoms with Crippen molar-refractivity contribution in [3.8, 4) is 0 Å². The number of thiophene rings is 1. The maximum atomic E-state index is 12.2. The predicted octanol–water partition coefficient (Wildman–Crippen LogP) is 4.13. The Morgan fingerprint density at radius 3 is 2.90 bits per heavy atom. The summed E-state index contributed by atoms with van der Waals surface area (Å²) in [6.07, 6.45) is 0.902. The molecule has 2 aromatic rings. The van der Waals surface area contributed by atoms with E-state index in [1.165, 1.54) is 10.4 Å². The molecule has 2 atom stereocenters. The standard InChI is InChI=1S/C16H16ClNOS/c1-10-6-7-20-15(10)9-18-16(19)13-8-12(13)11-4-2-3-5-14(11)17/h2-7,12-13H,8-9H2,1H3,(H,18,19). The van der Waals surface area contributed by atoms with Crippen molar-refractivity contribution in [1.29, 1.82) is 0 Å². The van der Waals surface area contributed by atoms with Crippen LogP contribution < -0.4 is 5.32 Å². The molecule has 1 aliphatic carbocycles. The fourth-order valence-electron chi connectivity index (χ4n) is 2.49. The third-order valence-corrected chi connectivity index (χ3v) is 5.19. The van der Waals surface area contributed by atoms with E-state index in [0.29, 0.717) is 6.54 Å². The first-order chi connectivity index (χ1) is 9.66. The number of benzene rings is 1. The normalized spacial score (nSPS) is 20.7. The minimum atomic E-state index is 0.0789. The van der Waals surface area contributed by atoms with Crippen LogP contribution in [0.3, 0.4) is 0 Å². The quantitative estimate of drug-likeness (QED) is 0.904. The topological polar surface area (TPSA) is 29.1 Å². The molecule has 1 saturated carbocycles. The van der Waals surface area contributed by atoms with Crippen molar-refractivity contribution in [2.75, 3.05) is 0 Å². The van der Waals surface area contributed by atoms with E-state index in [9.17, 15) is 4.79 Å². The molecule has 1 fully saturated rings. The maximum Gasteiger partial charge on any atom is 0.224 e. The minimum absolute atomic E-state index is 0.0789. The highest BCUT2D eigenvalue weighted by atomic mass is 35.5. The van der Waals surface area contributed by atoms with Gasteiger partial charge in [0.2, 0.25) is 5.91 Å². The zero-order valence-electron chi connectivity index (χ0n) is 11.2. The molecule has 0 saturated heterocycles. The smallest absolute Gasteiger partial charge is 0.224 e. The molecule has 20 heavy (non-hydrogen) atoms. The van der Waals surface area contributed by atoms with Crippen LogP contribution in [-0.4, -0.2) is 5.91 Å². The number of carbonyl (C=O) groups excluding carboxylic acids is 1. The van der Waals surface area contributed by atoms with Crippen molar-refractivity contribution in [2.24, 2.45) is 5.92 Å². The fraction of sp³-hybridized carbons (Fsp3) is 0.312. The van der Waals surface area contributed by atoms with E-state index in [1.54, 1.807) is 11.3 Å². The monoisotopic (exact) mass is 305 g/mol. The second-order valence-electron chi connectivity index (χ2n) is 5.21. The first kappa shape index (κ1) is 13.7. The lowest BCUT2D eigenvalue weighted by molar-refractivity contribution is -0.122. The van der Waals surface area contributed by atoms with E-state index < -0.39 is 0 Å². The Morgan fingerprint density at radius 2 is 2.20 bits per heavy atom. The van der Waals surface area contributed by atoms with Crippen molar-refractivity contribution in [3.05, 3.63) is 56.7 Å². The molecule has 0 spiro atoms. The summed E-state index contributed by atoms with van der Waals surface area (Å²) in [5.41, 5.74) is 2.34. The average molecular weight is 306 g/mol. The molecule has 1 aromatic carbocycles. The highest BCUT2D eigenvalue weighted by Gasteiger charge is 2.44. The average Bonchev–Trinajstić information content (AvgIpc) is 3.13. The molecule has 0 bridgehead atoms. The Kier molecular flexibility index (Phi) is 3.81. The number of aryl methyl sites for hydroxylation is 1.